The summed E-state index contributed by atoms with van der Waals surface area (Å²) in [5.41, 5.74) is 4.60. The van der Waals surface area contributed by atoms with Crippen molar-refractivity contribution in [3.63, 3.8) is 0 Å². The summed E-state index contributed by atoms with van der Waals surface area (Å²) in [5, 5.41) is 13.1. The minimum Gasteiger partial charge on any atom is -0.392 e. The van der Waals surface area contributed by atoms with Crippen LogP contribution in [0.15, 0.2) is 119 Å². The molecule has 1 amide bonds. The predicted octanol–water partition coefficient (Wildman–Crippen LogP) is 6.75. The van der Waals surface area contributed by atoms with Crippen LogP contribution >= 0.6 is 11.8 Å². The lowest BCUT2D eigenvalue weighted by Crippen LogP contribution is -2.38. The molecule has 248 valence electrons. The highest BCUT2D eigenvalue weighted by Gasteiger charge is 2.38. The molecule has 4 atom stereocenters. The number of carbonyl (C=O) groups is 1. The minimum absolute atomic E-state index is 0.0182. The number of carbonyl (C=O) groups excluding carboxylic acids is 1. The second-order valence-corrected chi connectivity index (χ2v) is 14.6. The average Bonchev–Trinajstić information content (AvgIpc) is 3.11. The number of aliphatic hydroxyl groups excluding tert-OH is 1. The van der Waals surface area contributed by atoms with Crippen LogP contribution in [0.25, 0.3) is 10.9 Å². The number of aliphatic hydroxyl groups is 1. The number of nitrogens with one attached hydrogen (secondary N) is 2. The minimum atomic E-state index is -3.81. The largest absolute Gasteiger partial charge is 0.392 e. The van der Waals surface area contributed by atoms with Crippen LogP contribution in [0.4, 0.5) is 5.69 Å². The van der Waals surface area contributed by atoms with Crippen LogP contribution in [-0.2, 0) is 37.4 Å². The van der Waals surface area contributed by atoms with Crippen molar-refractivity contribution in [2.24, 2.45) is 5.92 Å². The van der Waals surface area contributed by atoms with Crippen molar-refractivity contribution >= 4 is 44.3 Å². The molecule has 0 bridgehead atoms. The number of para-hydroxylation sites is 1. The number of amides is 1. The number of nitrogens with zero attached hydrogens (tertiary/aromatic N) is 1. The van der Waals surface area contributed by atoms with Crippen LogP contribution in [0.2, 0.25) is 0 Å². The van der Waals surface area contributed by atoms with Crippen molar-refractivity contribution in [3.8, 4) is 0 Å². The molecule has 5 aromatic rings. The summed E-state index contributed by atoms with van der Waals surface area (Å²) in [7, 11) is -3.81. The molecule has 0 saturated carbocycles. The molecule has 11 heteroatoms. The first-order chi connectivity index (χ1) is 23.2. The molecule has 0 radical (unpaired) electrons. The summed E-state index contributed by atoms with van der Waals surface area (Å²) in [6, 6.07) is 31.8. The second-order valence-electron chi connectivity index (χ2n) is 11.7. The van der Waals surface area contributed by atoms with Crippen molar-refractivity contribution < 1.29 is 27.8 Å². The number of fused-ring (bicyclic) bond motifs is 1. The van der Waals surface area contributed by atoms with E-state index < -0.39 is 16.3 Å². The summed E-state index contributed by atoms with van der Waals surface area (Å²) >= 11 is 1.67. The van der Waals surface area contributed by atoms with E-state index in [1.54, 1.807) is 36.2 Å². The zero-order valence-electron chi connectivity index (χ0n) is 26.6. The van der Waals surface area contributed by atoms with Crippen molar-refractivity contribution in [1.82, 2.24) is 9.71 Å². The number of sulfonamides is 1. The van der Waals surface area contributed by atoms with Gasteiger partial charge in [-0.15, -0.1) is 11.8 Å². The molecule has 0 aliphatic carbocycles. The van der Waals surface area contributed by atoms with Gasteiger partial charge >= 0.3 is 0 Å². The fraction of sp³-hybridized carbons (Fsp3) is 0.243. The van der Waals surface area contributed by atoms with Crippen LogP contribution in [0.1, 0.15) is 48.5 Å². The Morgan fingerprint density at radius 2 is 1.56 bits per heavy atom. The van der Waals surface area contributed by atoms with E-state index in [1.165, 1.54) is 6.92 Å². The van der Waals surface area contributed by atoms with Crippen LogP contribution < -0.4 is 10.0 Å². The van der Waals surface area contributed by atoms with Gasteiger partial charge < -0.3 is 19.9 Å². The van der Waals surface area contributed by atoms with Gasteiger partial charge in [0, 0.05) is 52.9 Å². The molecule has 4 unspecified atom stereocenters. The number of anilines is 1. The Hall–Kier alpha value is -4.10. The lowest BCUT2D eigenvalue weighted by molar-refractivity contribution is -0.268. The van der Waals surface area contributed by atoms with Gasteiger partial charge in [0.15, 0.2) is 6.29 Å². The van der Waals surface area contributed by atoms with E-state index in [2.05, 4.69) is 21.9 Å². The van der Waals surface area contributed by atoms with Gasteiger partial charge in [0.1, 0.15) is 4.90 Å². The lowest BCUT2D eigenvalue weighted by Gasteiger charge is -2.41. The highest BCUT2D eigenvalue weighted by atomic mass is 32.2. The first kappa shape index (κ1) is 33.8. The topological polar surface area (TPSA) is 127 Å². The highest BCUT2D eigenvalue weighted by Crippen LogP contribution is 2.43. The SMILES string of the molecule is CC(=O)Nc1ccc(SCC2OC(c3ccc(CNS(=O)(=O)c4cccc5cccnc45)cc3)OC(c3ccc(CO)cc3)C2C)cc1. The van der Waals surface area contributed by atoms with Gasteiger partial charge in [-0.1, -0.05) is 73.7 Å². The number of rotatable bonds is 11. The Labute approximate surface area is 284 Å². The van der Waals surface area contributed by atoms with Gasteiger partial charge in [0.25, 0.3) is 0 Å². The molecule has 3 N–H and O–H groups in total. The maximum absolute atomic E-state index is 13.2. The molecule has 6 rings (SSSR count). The molecule has 4 aromatic carbocycles. The number of benzene rings is 4. The molecule has 48 heavy (non-hydrogen) atoms. The Bertz CT molecular complexity index is 1960. The molecule has 9 nitrogen and oxygen atoms in total. The molecule has 1 aliphatic rings. The number of thioether (sulfide) groups is 1. The third-order valence-electron chi connectivity index (χ3n) is 8.32. The Morgan fingerprint density at radius 3 is 2.27 bits per heavy atom. The number of ether oxygens (including phenoxy) is 2. The molecule has 1 fully saturated rings. The molecule has 1 saturated heterocycles. The summed E-state index contributed by atoms with van der Waals surface area (Å²) < 4.78 is 42.3. The first-order valence-electron chi connectivity index (χ1n) is 15.6. The van der Waals surface area contributed by atoms with Gasteiger partial charge in [-0.05, 0) is 53.1 Å². The van der Waals surface area contributed by atoms with Crippen LogP contribution in [0.3, 0.4) is 0 Å². The molecular weight excluding hydrogens is 647 g/mol. The smallest absolute Gasteiger partial charge is 0.243 e. The number of hydrogen-bond acceptors (Lipinski definition) is 8. The van der Waals surface area contributed by atoms with E-state index in [9.17, 15) is 18.3 Å². The van der Waals surface area contributed by atoms with E-state index in [-0.39, 0.29) is 42.1 Å². The quantitative estimate of drug-likeness (QED) is 0.131. The fourth-order valence-electron chi connectivity index (χ4n) is 5.67. The van der Waals surface area contributed by atoms with Gasteiger partial charge in [-0.3, -0.25) is 9.78 Å². The Kier molecular flexibility index (Phi) is 10.5. The summed E-state index contributed by atoms with van der Waals surface area (Å²) in [4.78, 5) is 16.9. The summed E-state index contributed by atoms with van der Waals surface area (Å²) in [6.07, 6.45) is 0.516. The van der Waals surface area contributed by atoms with E-state index >= 15 is 0 Å². The Morgan fingerprint density at radius 1 is 0.875 bits per heavy atom. The van der Waals surface area contributed by atoms with E-state index in [0.717, 1.165) is 38.2 Å². The second kappa shape index (κ2) is 15.0. The monoisotopic (exact) mass is 683 g/mol. The number of hydrogen-bond donors (Lipinski definition) is 3. The van der Waals surface area contributed by atoms with Gasteiger partial charge in [0.2, 0.25) is 15.9 Å². The standard InChI is InChI=1S/C37H37N3O6S2/c1-24-33(23-47-32-18-16-31(17-19-32)40-25(2)42)45-37(46-36(24)29-12-10-27(22-41)11-13-29)30-14-8-26(9-15-30)21-39-48(43,44)34-7-3-5-28-6-4-20-38-35(28)34/h3-20,24,33,36-37,39,41H,21-23H2,1-2H3,(H,40,42). The normalized spacial score (nSPS) is 19.6. The highest BCUT2D eigenvalue weighted by molar-refractivity contribution is 7.99. The van der Waals surface area contributed by atoms with Crippen LogP contribution in [0.5, 0.6) is 0 Å². The maximum Gasteiger partial charge on any atom is 0.243 e. The summed E-state index contributed by atoms with van der Waals surface area (Å²) in [6.45, 7) is 3.67. The molecular formula is C37H37N3O6S2. The zero-order chi connectivity index (χ0) is 33.7. The molecule has 0 spiro atoms. The molecule has 2 heterocycles. The third kappa shape index (κ3) is 7.95. The van der Waals surface area contributed by atoms with Crippen molar-refractivity contribution in [2.75, 3.05) is 11.1 Å². The van der Waals surface area contributed by atoms with Crippen molar-refractivity contribution in [2.45, 2.75) is 55.3 Å². The van der Waals surface area contributed by atoms with E-state index in [0.29, 0.717) is 11.3 Å². The fourth-order valence-corrected chi connectivity index (χ4v) is 7.93. The average molecular weight is 684 g/mol. The van der Waals surface area contributed by atoms with Crippen LogP contribution in [0, 0.1) is 5.92 Å². The molecule has 1 aliphatic heterocycles. The van der Waals surface area contributed by atoms with Gasteiger partial charge in [0.05, 0.1) is 24.3 Å². The van der Waals surface area contributed by atoms with Gasteiger partial charge in [-0.2, -0.15) is 0 Å². The lowest BCUT2D eigenvalue weighted by atomic mass is 9.91. The maximum atomic E-state index is 13.2. The molecule has 1 aromatic heterocycles. The zero-order valence-corrected chi connectivity index (χ0v) is 28.2. The van der Waals surface area contributed by atoms with Crippen LogP contribution in [-0.4, -0.2) is 36.3 Å². The predicted molar refractivity (Wildman–Crippen MR) is 187 cm³/mol. The summed E-state index contributed by atoms with van der Waals surface area (Å²) in [5.74, 6) is 0.579. The van der Waals surface area contributed by atoms with E-state index in [4.69, 9.17) is 9.47 Å². The van der Waals surface area contributed by atoms with Crippen molar-refractivity contribution in [1.29, 1.82) is 0 Å². The van der Waals surface area contributed by atoms with E-state index in [1.807, 2.05) is 84.9 Å². The van der Waals surface area contributed by atoms with Gasteiger partial charge in [-0.25, -0.2) is 13.1 Å². The first-order valence-corrected chi connectivity index (χ1v) is 18.1. The van der Waals surface area contributed by atoms with Crippen molar-refractivity contribution in [3.05, 3.63) is 132 Å². The Balaban J connectivity index is 1.17. The number of aromatic nitrogens is 1. The number of pyridine rings is 1. The third-order valence-corrected chi connectivity index (χ3v) is 10.8.